The molecule has 14 heavy (non-hydrogen) atoms. The average Bonchev–Trinajstić information content (AvgIpc) is 2.25. The number of hydrogen-bond donors (Lipinski definition) is 2. The molecule has 1 saturated heterocycles. The van der Waals surface area contributed by atoms with Crippen molar-refractivity contribution in [3.63, 3.8) is 0 Å². The Morgan fingerprint density at radius 2 is 2.21 bits per heavy atom. The standard InChI is InChI=1S/C10H21N3O/c1-14-9-8-13-6-2-10(3-7-13)12-5-4-11/h4-5,10,12H,2-3,6-9,11H2,1H3/b5-4+. The molecule has 0 aromatic carbocycles. The van der Waals surface area contributed by atoms with Crippen LogP contribution in [0.15, 0.2) is 12.4 Å². The summed E-state index contributed by atoms with van der Waals surface area (Å²) < 4.78 is 5.05. The van der Waals surface area contributed by atoms with Crippen LogP contribution in [0, 0.1) is 0 Å². The predicted molar refractivity (Wildman–Crippen MR) is 57.8 cm³/mol. The van der Waals surface area contributed by atoms with Crippen molar-refractivity contribution in [2.75, 3.05) is 33.4 Å². The van der Waals surface area contributed by atoms with Crippen LogP contribution in [0.1, 0.15) is 12.8 Å². The first-order valence-corrected chi connectivity index (χ1v) is 5.21. The van der Waals surface area contributed by atoms with Crippen molar-refractivity contribution in [3.8, 4) is 0 Å². The molecule has 1 aliphatic heterocycles. The van der Waals surface area contributed by atoms with Gasteiger partial charge in [-0.15, -0.1) is 0 Å². The van der Waals surface area contributed by atoms with E-state index in [1.807, 2.05) is 6.20 Å². The lowest BCUT2D eigenvalue weighted by Crippen LogP contribution is -2.42. The molecule has 4 nitrogen and oxygen atoms in total. The summed E-state index contributed by atoms with van der Waals surface area (Å²) in [5.41, 5.74) is 5.27. The van der Waals surface area contributed by atoms with Crippen LogP contribution in [0.4, 0.5) is 0 Å². The van der Waals surface area contributed by atoms with Crippen molar-refractivity contribution >= 4 is 0 Å². The summed E-state index contributed by atoms with van der Waals surface area (Å²) in [5, 5.41) is 3.28. The molecule has 0 amide bonds. The van der Waals surface area contributed by atoms with Gasteiger partial charge in [0.05, 0.1) is 6.61 Å². The van der Waals surface area contributed by atoms with Crippen molar-refractivity contribution in [2.45, 2.75) is 18.9 Å². The summed E-state index contributed by atoms with van der Waals surface area (Å²) in [6.45, 7) is 4.19. The second kappa shape index (κ2) is 6.68. The van der Waals surface area contributed by atoms with Gasteiger partial charge < -0.3 is 20.7 Å². The maximum atomic E-state index is 5.27. The lowest BCUT2D eigenvalue weighted by atomic mass is 10.1. The van der Waals surface area contributed by atoms with Crippen molar-refractivity contribution in [1.82, 2.24) is 10.2 Å². The van der Waals surface area contributed by atoms with E-state index in [1.54, 1.807) is 13.3 Å². The average molecular weight is 199 g/mol. The maximum absolute atomic E-state index is 5.27. The molecule has 1 aliphatic rings. The minimum atomic E-state index is 0.591. The summed E-state index contributed by atoms with van der Waals surface area (Å²) in [5.74, 6) is 0. The van der Waals surface area contributed by atoms with Gasteiger partial charge in [-0.3, -0.25) is 0 Å². The number of methoxy groups -OCH3 is 1. The summed E-state index contributed by atoms with van der Waals surface area (Å²) in [4.78, 5) is 2.44. The van der Waals surface area contributed by atoms with E-state index in [2.05, 4.69) is 10.2 Å². The Labute approximate surface area is 86.1 Å². The molecule has 82 valence electrons. The Hall–Kier alpha value is -0.740. The van der Waals surface area contributed by atoms with Gasteiger partial charge in [0, 0.05) is 45.2 Å². The Morgan fingerprint density at radius 3 is 2.79 bits per heavy atom. The number of likely N-dealkylation sites (tertiary alicyclic amines) is 1. The quantitative estimate of drug-likeness (QED) is 0.660. The van der Waals surface area contributed by atoms with E-state index in [0.717, 1.165) is 26.2 Å². The van der Waals surface area contributed by atoms with Crippen LogP contribution in [-0.4, -0.2) is 44.3 Å². The molecular weight excluding hydrogens is 178 g/mol. The Morgan fingerprint density at radius 1 is 1.50 bits per heavy atom. The number of nitrogens with zero attached hydrogens (tertiary/aromatic N) is 1. The molecule has 0 unspecified atom stereocenters. The SMILES string of the molecule is COCCN1CCC(N/C=C/N)CC1. The molecule has 3 N–H and O–H groups in total. The van der Waals surface area contributed by atoms with Crippen LogP contribution < -0.4 is 11.1 Å². The molecule has 0 aliphatic carbocycles. The fraction of sp³-hybridized carbons (Fsp3) is 0.800. The van der Waals surface area contributed by atoms with E-state index in [1.165, 1.54) is 12.8 Å². The van der Waals surface area contributed by atoms with Gasteiger partial charge in [0.15, 0.2) is 0 Å². The number of nitrogens with two attached hydrogens (primary N) is 1. The number of piperidine rings is 1. The van der Waals surface area contributed by atoms with Gasteiger partial charge in [0.1, 0.15) is 0 Å². The first-order valence-electron chi connectivity index (χ1n) is 5.21. The molecule has 0 atom stereocenters. The van der Waals surface area contributed by atoms with Gasteiger partial charge in [-0.2, -0.15) is 0 Å². The molecule has 0 spiro atoms. The smallest absolute Gasteiger partial charge is 0.0589 e. The highest BCUT2D eigenvalue weighted by Gasteiger charge is 2.17. The molecule has 0 radical (unpaired) electrons. The third kappa shape index (κ3) is 3.98. The van der Waals surface area contributed by atoms with Crippen LogP contribution in [-0.2, 0) is 4.74 Å². The summed E-state index contributed by atoms with van der Waals surface area (Å²) >= 11 is 0. The summed E-state index contributed by atoms with van der Waals surface area (Å²) in [6, 6.07) is 0.591. The Kier molecular flexibility index (Phi) is 5.40. The van der Waals surface area contributed by atoms with E-state index in [4.69, 9.17) is 10.5 Å². The zero-order chi connectivity index (χ0) is 10.2. The zero-order valence-corrected chi connectivity index (χ0v) is 8.91. The van der Waals surface area contributed by atoms with Crippen LogP contribution >= 0.6 is 0 Å². The molecule has 4 heteroatoms. The minimum absolute atomic E-state index is 0.591. The van der Waals surface area contributed by atoms with Gasteiger partial charge in [0.25, 0.3) is 0 Å². The Balaban J connectivity index is 2.11. The second-order valence-corrected chi connectivity index (χ2v) is 3.63. The molecule has 1 heterocycles. The maximum Gasteiger partial charge on any atom is 0.0589 e. The third-order valence-electron chi connectivity index (χ3n) is 2.63. The first kappa shape index (κ1) is 11.3. The van der Waals surface area contributed by atoms with Crippen LogP contribution in [0.5, 0.6) is 0 Å². The van der Waals surface area contributed by atoms with E-state index in [-0.39, 0.29) is 0 Å². The van der Waals surface area contributed by atoms with Gasteiger partial charge in [-0.25, -0.2) is 0 Å². The van der Waals surface area contributed by atoms with Crippen molar-refractivity contribution in [3.05, 3.63) is 12.4 Å². The van der Waals surface area contributed by atoms with Crippen molar-refractivity contribution in [1.29, 1.82) is 0 Å². The van der Waals surface area contributed by atoms with Gasteiger partial charge in [-0.1, -0.05) is 0 Å². The molecule has 0 saturated carbocycles. The third-order valence-corrected chi connectivity index (χ3v) is 2.63. The topological polar surface area (TPSA) is 50.5 Å². The van der Waals surface area contributed by atoms with Gasteiger partial charge in [-0.05, 0) is 12.8 Å². The molecule has 0 aromatic heterocycles. The first-order chi connectivity index (χ1) is 6.86. The van der Waals surface area contributed by atoms with Crippen LogP contribution in [0.3, 0.4) is 0 Å². The molecular formula is C10H21N3O. The monoisotopic (exact) mass is 199 g/mol. The number of ether oxygens (including phenoxy) is 1. The van der Waals surface area contributed by atoms with Crippen molar-refractivity contribution < 1.29 is 4.74 Å². The van der Waals surface area contributed by atoms with Crippen LogP contribution in [0.25, 0.3) is 0 Å². The van der Waals surface area contributed by atoms with E-state index >= 15 is 0 Å². The van der Waals surface area contributed by atoms with Gasteiger partial charge >= 0.3 is 0 Å². The highest BCUT2D eigenvalue weighted by atomic mass is 16.5. The zero-order valence-electron chi connectivity index (χ0n) is 8.91. The minimum Gasteiger partial charge on any atom is -0.403 e. The highest BCUT2D eigenvalue weighted by Crippen LogP contribution is 2.09. The second-order valence-electron chi connectivity index (χ2n) is 3.63. The highest BCUT2D eigenvalue weighted by molar-refractivity contribution is 4.83. The van der Waals surface area contributed by atoms with Crippen molar-refractivity contribution in [2.24, 2.45) is 5.73 Å². The Bertz CT molecular complexity index is 165. The summed E-state index contributed by atoms with van der Waals surface area (Å²) in [7, 11) is 1.75. The van der Waals surface area contributed by atoms with E-state index < -0.39 is 0 Å². The number of hydrogen-bond acceptors (Lipinski definition) is 4. The normalized spacial score (nSPS) is 20.4. The number of rotatable bonds is 5. The van der Waals surface area contributed by atoms with E-state index in [0.29, 0.717) is 6.04 Å². The van der Waals surface area contributed by atoms with Crippen LogP contribution in [0.2, 0.25) is 0 Å². The number of nitrogens with one attached hydrogen (secondary N) is 1. The lowest BCUT2D eigenvalue weighted by molar-refractivity contribution is 0.128. The lowest BCUT2D eigenvalue weighted by Gasteiger charge is -2.31. The molecule has 1 rings (SSSR count). The fourth-order valence-electron chi connectivity index (χ4n) is 1.74. The predicted octanol–water partition coefficient (Wildman–Crippen LogP) is 0.117. The largest absolute Gasteiger partial charge is 0.403 e. The fourth-order valence-corrected chi connectivity index (χ4v) is 1.74. The van der Waals surface area contributed by atoms with Gasteiger partial charge in [0.2, 0.25) is 0 Å². The summed E-state index contributed by atoms with van der Waals surface area (Å²) in [6.07, 6.45) is 5.76. The molecule has 0 aromatic rings. The molecule has 1 fully saturated rings. The van der Waals surface area contributed by atoms with E-state index in [9.17, 15) is 0 Å². The molecule has 0 bridgehead atoms.